The Morgan fingerprint density at radius 3 is 3.00 bits per heavy atom. The number of alkyl halides is 1. The maximum atomic E-state index is 3.32. The van der Waals surface area contributed by atoms with Crippen LogP contribution in [0.4, 0.5) is 0 Å². The van der Waals surface area contributed by atoms with E-state index in [4.69, 9.17) is 0 Å². The molecule has 2 bridgehead atoms. The minimum absolute atomic E-state index is 0.327. The van der Waals surface area contributed by atoms with Gasteiger partial charge in [-0.15, -0.1) is 0 Å². The first-order valence-electron chi connectivity index (χ1n) is 2.07. The van der Waals surface area contributed by atoms with Crippen LogP contribution in [0.2, 0.25) is 0 Å². The Hall–Kier alpha value is 0.660. The number of fused-ring (bicyclic) bond motifs is 2. The number of nitrogens with one attached hydrogen (secondary N) is 1. The molecule has 2 atom stereocenters. The second kappa shape index (κ2) is 1.57. The van der Waals surface area contributed by atoms with Crippen molar-refractivity contribution in [2.45, 2.75) is 3.67 Å². The average Bonchev–Trinajstić information content (AvgIpc) is 2.22. The maximum absolute atomic E-state index is 3.32. The molecule has 0 spiro atoms. The molecule has 0 aromatic carbocycles. The van der Waals surface area contributed by atoms with Crippen LogP contribution < -0.4 is 25.1 Å². The van der Waals surface area contributed by atoms with E-state index in [2.05, 4.69) is 20.7 Å². The average molecular weight is 227 g/mol. The van der Waals surface area contributed by atoms with Crippen LogP contribution in [-0.4, -0.2) is 8.45 Å². The van der Waals surface area contributed by atoms with E-state index in [0.717, 1.165) is 12.4 Å². The van der Waals surface area contributed by atoms with Crippen LogP contribution in [0.1, 0.15) is 0 Å². The number of allylic oxidation sites excluding steroid dienone is 1. The van der Waals surface area contributed by atoms with Gasteiger partial charge in [-0.1, -0.05) is 0 Å². The summed E-state index contributed by atoms with van der Waals surface area (Å²) < 4.78 is 6.47. The quantitative estimate of drug-likeness (QED) is 0.209. The molecule has 2 rings (SSSR count). The Morgan fingerprint density at radius 1 is 1.86 bits per heavy atom. The molecule has 0 amide bonds. The zero-order valence-electron chi connectivity index (χ0n) is 3.56. The summed E-state index contributed by atoms with van der Waals surface area (Å²) in [7, 11) is 1.03. The Bertz CT molecular complexity index is 104. The van der Waals surface area contributed by atoms with Gasteiger partial charge in [-0.05, 0) is 0 Å². The second-order valence-corrected chi connectivity index (χ2v) is 6.42. The summed E-state index contributed by atoms with van der Waals surface area (Å²) in [6.45, 7) is 0. The summed E-state index contributed by atoms with van der Waals surface area (Å²) >= 11 is 0.327. The molecule has 0 aliphatic carbocycles. The summed E-state index contributed by atoms with van der Waals surface area (Å²) in [6.07, 6.45) is 4.45. The number of rotatable bonds is 0. The van der Waals surface area contributed by atoms with Crippen molar-refractivity contribution in [3.8, 4) is 0 Å². The molecule has 40 valence electrons. The molecule has 2 heterocycles. The van der Waals surface area contributed by atoms with Crippen molar-refractivity contribution < 1.29 is 21.5 Å². The van der Waals surface area contributed by atoms with Gasteiger partial charge in [0.25, 0.3) is 0 Å². The van der Waals surface area contributed by atoms with Gasteiger partial charge in [0.05, 0.1) is 0 Å². The van der Waals surface area contributed by atoms with Gasteiger partial charge in [0.15, 0.2) is 0 Å². The predicted octanol–water partition coefficient (Wildman–Crippen LogP) is -2.74. The molecule has 0 saturated carbocycles. The second-order valence-electron chi connectivity index (χ2n) is 1.44. The number of nitrogens with zero attached hydrogens (tertiary/aromatic N) is 1. The molecule has 0 aromatic heterocycles. The van der Waals surface area contributed by atoms with Gasteiger partial charge in [-0.25, -0.2) is 0 Å². The van der Waals surface area contributed by atoms with Crippen LogP contribution >= 0.6 is 8.73 Å². The van der Waals surface area contributed by atoms with Gasteiger partial charge in [0.1, 0.15) is 0 Å². The molecule has 2 unspecified atom stereocenters. The summed E-state index contributed by atoms with van der Waals surface area (Å²) in [5, 5.41) is 0. The van der Waals surface area contributed by atoms with Crippen LogP contribution in [0.5, 0.6) is 0 Å². The molecule has 1 saturated heterocycles. The normalized spacial score (nSPS) is 40.0. The van der Waals surface area contributed by atoms with Gasteiger partial charge in [-0.2, -0.15) is 0 Å². The number of hydrogen-bond acceptors (Lipinski definition) is 2. The van der Waals surface area contributed by atoms with Crippen LogP contribution in [0, 0.1) is 0 Å². The third-order valence-corrected chi connectivity index (χ3v) is 5.81. The SMILES string of the molecule is C1=CN2N[I-]C1P2. The third kappa shape index (κ3) is 0.673. The van der Waals surface area contributed by atoms with Crippen molar-refractivity contribution in [1.29, 1.82) is 0 Å². The first kappa shape index (κ1) is 4.53. The Morgan fingerprint density at radius 2 is 2.86 bits per heavy atom. The van der Waals surface area contributed by atoms with E-state index in [0.29, 0.717) is 21.5 Å². The van der Waals surface area contributed by atoms with Crippen LogP contribution in [0.3, 0.4) is 0 Å². The van der Waals surface area contributed by atoms with E-state index in [-0.39, 0.29) is 0 Å². The Kier molecular flexibility index (Phi) is 1.02. The summed E-state index contributed by atoms with van der Waals surface area (Å²) in [4.78, 5) is 0. The zero-order valence-corrected chi connectivity index (χ0v) is 6.71. The van der Waals surface area contributed by atoms with Crippen molar-refractivity contribution in [3.63, 3.8) is 0 Å². The molecular weight excluding hydrogens is 222 g/mol. The Labute approximate surface area is 54.8 Å². The van der Waals surface area contributed by atoms with E-state index >= 15 is 0 Å². The fourth-order valence-electron chi connectivity index (χ4n) is 0.599. The monoisotopic (exact) mass is 227 g/mol. The van der Waals surface area contributed by atoms with Crippen molar-refractivity contribution in [2.75, 3.05) is 0 Å². The fraction of sp³-hybridized carbons (Fsp3) is 0.333. The van der Waals surface area contributed by atoms with Gasteiger partial charge < -0.3 is 0 Å². The third-order valence-electron chi connectivity index (χ3n) is 0.924. The molecule has 2 aliphatic heterocycles. The van der Waals surface area contributed by atoms with E-state index in [1.54, 1.807) is 0 Å². The molecule has 7 heavy (non-hydrogen) atoms. The molecule has 0 radical (unpaired) electrons. The molecular formula is C3H5IN2P-. The predicted molar refractivity (Wildman–Crippen MR) is 26.2 cm³/mol. The van der Waals surface area contributed by atoms with Crippen molar-refractivity contribution in [1.82, 2.24) is 8.42 Å². The topological polar surface area (TPSA) is 15.3 Å². The Balaban J connectivity index is 2.27. The first-order chi connectivity index (χ1) is 3.45. The molecule has 1 fully saturated rings. The molecule has 2 nitrogen and oxygen atoms in total. The van der Waals surface area contributed by atoms with Crippen LogP contribution in [-0.2, 0) is 0 Å². The number of hydrogen-bond donors (Lipinski definition) is 1. The summed E-state index contributed by atoms with van der Waals surface area (Å²) in [5.74, 6) is 0. The van der Waals surface area contributed by atoms with Crippen molar-refractivity contribution >= 4 is 8.73 Å². The van der Waals surface area contributed by atoms with E-state index in [9.17, 15) is 0 Å². The fourth-order valence-corrected chi connectivity index (χ4v) is 4.85. The summed E-state index contributed by atoms with van der Waals surface area (Å²) in [6, 6.07) is 0. The van der Waals surface area contributed by atoms with Gasteiger partial charge in [-0.3, -0.25) is 0 Å². The summed E-state index contributed by atoms with van der Waals surface area (Å²) in [5.41, 5.74) is 0. The minimum atomic E-state index is 0.327. The van der Waals surface area contributed by atoms with Crippen LogP contribution in [0.25, 0.3) is 0 Å². The number of hydrazine groups is 1. The number of halogens is 1. The molecule has 0 aromatic rings. The van der Waals surface area contributed by atoms with Crippen molar-refractivity contribution in [3.05, 3.63) is 12.3 Å². The van der Waals surface area contributed by atoms with E-state index < -0.39 is 0 Å². The van der Waals surface area contributed by atoms with Crippen LogP contribution in [0.15, 0.2) is 12.3 Å². The first-order valence-corrected chi connectivity index (χ1v) is 5.42. The van der Waals surface area contributed by atoms with E-state index in [1.165, 1.54) is 0 Å². The van der Waals surface area contributed by atoms with Crippen molar-refractivity contribution in [2.24, 2.45) is 0 Å². The molecule has 4 heteroatoms. The molecule has 1 N–H and O–H groups in total. The zero-order chi connectivity index (χ0) is 4.69. The van der Waals surface area contributed by atoms with Gasteiger partial charge in [0.2, 0.25) is 0 Å². The van der Waals surface area contributed by atoms with Gasteiger partial charge in [0, 0.05) is 0 Å². The molecule has 2 aliphatic rings. The van der Waals surface area contributed by atoms with E-state index in [1.807, 2.05) is 0 Å². The standard InChI is InChI=1S/C3H5IN2P/c1-2-6-5-4-3(1)7-6/h1-3,5,7H/q-1. The van der Waals surface area contributed by atoms with Gasteiger partial charge >= 0.3 is 54.6 Å².